The van der Waals surface area contributed by atoms with Gasteiger partial charge in [0.1, 0.15) is 0 Å². The average Bonchev–Trinajstić information content (AvgIpc) is 2.68. The Balaban J connectivity index is 2.08. The Hall–Kier alpha value is -0.910. The number of ether oxygens (including phenoxy) is 1. The Kier molecular flexibility index (Phi) is 3.35. The number of hydrazine groups is 1. The summed E-state index contributed by atoms with van der Waals surface area (Å²) < 4.78 is 7.27. The van der Waals surface area contributed by atoms with Gasteiger partial charge in [0.25, 0.3) is 0 Å². The third-order valence-corrected chi connectivity index (χ3v) is 2.93. The van der Waals surface area contributed by atoms with Gasteiger partial charge >= 0.3 is 0 Å². The molecule has 2 rings (SSSR count). The summed E-state index contributed by atoms with van der Waals surface area (Å²) in [6, 6.07) is 0.152. The Bertz CT molecular complexity index is 306. The number of hydrogen-bond acceptors (Lipinski definition) is 4. The van der Waals surface area contributed by atoms with Crippen molar-refractivity contribution in [2.45, 2.75) is 18.9 Å². The minimum Gasteiger partial charge on any atom is -0.381 e. The Morgan fingerprint density at radius 2 is 2.60 bits per heavy atom. The third kappa shape index (κ3) is 2.37. The standard InChI is InChI=1S/C10H18N4O/c1-14-6-9(5-12-14)10(13-11)8-3-2-4-15-7-8/h5-6,8,10,13H,2-4,7,11H2,1H3. The monoisotopic (exact) mass is 210 g/mol. The van der Waals surface area contributed by atoms with Gasteiger partial charge in [-0.15, -0.1) is 0 Å². The molecule has 0 bridgehead atoms. The van der Waals surface area contributed by atoms with Crippen LogP contribution in [0.1, 0.15) is 24.4 Å². The average molecular weight is 210 g/mol. The van der Waals surface area contributed by atoms with E-state index in [1.165, 1.54) is 0 Å². The van der Waals surface area contributed by atoms with Gasteiger partial charge in [0.2, 0.25) is 0 Å². The first-order valence-corrected chi connectivity index (χ1v) is 5.33. The molecule has 5 heteroatoms. The molecule has 0 amide bonds. The summed E-state index contributed by atoms with van der Waals surface area (Å²) in [5.41, 5.74) is 4.00. The van der Waals surface area contributed by atoms with Crippen LogP contribution in [0.4, 0.5) is 0 Å². The molecule has 2 heterocycles. The van der Waals surface area contributed by atoms with Crippen LogP contribution in [0.5, 0.6) is 0 Å². The maximum atomic E-state index is 5.60. The van der Waals surface area contributed by atoms with Crippen LogP contribution in [0.2, 0.25) is 0 Å². The molecule has 2 atom stereocenters. The molecule has 0 spiro atoms. The molecule has 1 aliphatic rings. The second kappa shape index (κ2) is 4.74. The molecule has 1 fully saturated rings. The first-order valence-electron chi connectivity index (χ1n) is 5.33. The second-order valence-electron chi connectivity index (χ2n) is 4.07. The Labute approximate surface area is 89.6 Å². The fourth-order valence-corrected chi connectivity index (χ4v) is 2.13. The summed E-state index contributed by atoms with van der Waals surface area (Å²) in [7, 11) is 1.91. The second-order valence-corrected chi connectivity index (χ2v) is 4.07. The van der Waals surface area contributed by atoms with E-state index in [1.54, 1.807) is 4.68 Å². The van der Waals surface area contributed by atoms with Crippen molar-refractivity contribution in [2.24, 2.45) is 18.8 Å². The predicted octanol–water partition coefficient (Wildman–Crippen LogP) is 0.351. The number of aromatic nitrogens is 2. The minimum absolute atomic E-state index is 0.152. The zero-order valence-electron chi connectivity index (χ0n) is 9.02. The van der Waals surface area contributed by atoms with Gasteiger partial charge < -0.3 is 4.74 Å². The van der Waals surface area contributed by atoms with E-state index >= 15 is 0 Å². The smallest absolute Gasteiger partial charge is 0.0541 e. The van der Waals surface area contributed by atoms with E-state index in [0.717, 1.165) is 31.6 Å². The molecule has 0 saturated carbocycles. The number of nitrogens with zero attached hydrogens (tertiary/aromatic N) is 2. The number of nitrogens with one attached hydrogen (secondary N) is 1. The van der Waals surface area contributed by atoms with Gasteiger partial charge in [-0.1, -0.05) is 0 Å². The van der Waals surface area contributed by atoms with Crippen LogP contribution in [0.25, 0.3) is 0 Å². The lowest BCUT2D eigenvalue weighted by Crippen LogP contribution is -2.37. The van der Waals surface area contributed by atoms with E-state index in [4.69, 9.17) is 10.6 Å². The van der Waals surface area contributed by atoms with Gasteiger partial charge in [-0.3, -0.25) is 16.0 Å². The highest BCUT2D eigenvalue weighted by Gasteiger charge is 2.25. The maximum absolute atomic E-state index is 5.60. The molecule has 0 aromatic carbocycles. The molecule has 0 aliphatic carbocycles. The lowest BCUT2D eigenvalue weighted by atomic mass is 9.91. The van der Waals surface area contributed by atoms with E-state index in [1.807, 2.05) is 19.4 Å². The molecule has 1 saturated heterocycles. The van der Waals surface area contributed by atoms with Crippen LogP contribution in [-0.4, -0.2) is 23.0 Å². The van der Waals surface area contributed by atoms with E-state index in [-0.39, 0.29) is 6.04 Å². The van der Waals surface area contributed by atoms with Crippen molar-refractivity contribution >= 4 is 0 Å². The molecular weight excluding hydrogens is 192 g/mol. The van der Waals surface area contributed by atoms with Crippen LogP contribution < -0.4 is 11.3 Å². The minimum atomic E-state index is 0.152. The quantitative estimate of drug-likeness (QED) is 0.558. The predicted molar refractivity (Wildman–Crippen MR) is 56.8 cm³/mol. The number of aryl methyl sites for hydroxylation is 1. The zero-order valence-corrected chi connectivity index (χ0v) is 9.02. The molecule has 5 nitrogen and oxygen atoms in total. The van der Waals surface area contributed by atoms with E-state index in [9.17, 15) is 0 Å². The van der Waals surface area contributed by atoms with Crippen molar-refractivity contribution in [3.63, 3.8) is 0 Å². The van der Waals surface area contributed by atoms with Gasteiger partial charge in [-0.25, -0.2) is 0 Å². The van der Waals surface area contributed by atoms with Gasteiger partial charge in [0.15, 0.2) is 0 Å². The topological polar surface area (TPSA) is 65.1 Å². The van der Waals surface area contributed by atoms with Crippen molar-refractivity contribution in [1.82, 2.24) is 15.2 Å². The Morgan fingerprint density at radius 3 is 3.13 bits per heavy atom. The summed E-state index contributed by atoms with van der Waals surface area (Å²) in [6.07, 6.45) is 6.13. The summed E-state index contributed by atoms with van der Waals surface area (Å²) >= 11 is 0. The fourth-order valence-electron chi connectivity index (χ4n) is 2.13. The van der Waals surface area contributed by atoms with E-state index in [2.05, 4.69) is 10.5 Å². The van der Waals surface area contributed by atoms with Crippen LogP contribution in [0, 0.1) is 5.92 Å². The summed E-state index contributed by atoms with van der Waals surface area (Å²) in [5.74, 6) is 6.05. The van der Waals surface area contributed by atoms with Crippen molar-refractivity contribution in [3.8, 4) is 0 Å². The Morgan fingerprint density at radius 1 is 1.73 bits per heavy atom. The van der Waals surface area contributed by atoms with Gasteiger partial charge in [-0.05, 0) is 12.8 Å². The van der Waals surface area contributed by atoms with Crippen LogP contribution in [-0.2, 0) is 11.8 Å². The van der Waals surface area contributed by atoms with Crippen LogP contribution in [0.15, 0.2) is 12.4 Å². The highest BCUT2D eigenvalue weighted by atomic mass is 16.5. The largest absolute Gasteiger partial charge is 0.381 e. The molecule has 2 unspecified atom stereocenters. The normalized spacial score (nSPS) is 24.0. The highest BCUT2D eigenvalue weighted by molar-refractivity contribution is 5.11. The third-order valence-electron chi connectivity index (χ3n) is 2.93. The lowest BCUT2D eigenvalue weighted by molar-refractivity contribution is 0.0390. The fraction of sp³-hybridized carbons (Fsp3) is 0.700. The molecule has 0 radical (unpaired) electrons. The van der Waals surface area contributed by atoms with E-state index < -0.39 is 0 Å². The van der Waals surface area contributed by atoms with Gasteiger partial charge in [0.05, 0.1) is 18.8 Å². The van der Waals surface area contributed by atoms with Gasteiger partial charge in [0, 0.05) is 31.3 Å². The molecular formula is C10H18N4O. The summed E-state index contributed by atoms with van der Waals surface area (Å²) in [5, 5.41) is 4.16. The molecule has 1 aromatic heterocycles. The summed E-state index contributed by atoms with van der Waals surface area (Å²) in [6.45, 7) is 1.66. The highest BCUT2D eigenvalue weighted by Crippen LogP contribution is 2.27. The molecule has 84 valence electrons. The van der Waals surface area contributed by atoms with Crippen molar-refractivity contribution < 1.29 is 4.74 Å². The van der Waals surface area contributed by atoms with E-state index in [0.29, 0.717) is 5.92 Å². The number of hydrogen-bond donors (Lipinski definition) is 2. The first-order chi connectivity index (χ1) is 7.31. The molecule has 3 N–H and O–H groups in total. The zero-order chi connectivity index (χ0) is 10.7. The van der Waals surface area contributed by atoms with Crippen molar-refractivity contribution in [1.29, 1.82) is 0 Å². The maximum Gasteiger partial charge on any atom is 0.0541 e. The number of nitrogens with two attached hydrogens (primary N) is 1. The molecule has 1 aromatic rings. The SMILES string of the molecule is Cn1cc(C(NN)C2CCCOC2)cn1. The van der Waals surface area contributed by atoms with Gasteiger partial charge in [-0.2, -0.15) is 5.10 Å². The first kappa shape index (κ1) is 10.6. The van der Waals surface area contributed by atoms with Crippen molar-refractivity contribution in [3.05, 3.63) is 18.0 Å². The molecule has 15 heavy (non-hydrogen) atoms. The lowest BCUT2D eigenvalue weighted by Gasteiger charge is -2.29. The summed E-state index contributed by atoms with van der Waals surface area (Å²) in [4.78, 5) is 0. The van der Waals surface area contributed by atoms with Crippen LogP contribution in [0.3, 0.4) is 0 Å². The molecule has 1 aliphatic heterocycles. The van der Waals surface area contributed by atoms with Crippen LogP contribution >= 0.6 is 0 Å². The number of rotatable bonds is 3. The van der Waals surface area contributed by atoms with Crippen molar-refractivity contribution in [2.75, 3.05) is 13.2 Å².